The molecule has 29 heavy (non-hydrogen) atoms. The molecule has 2 heterocycles. The average Bonchev–Trinajstić information content (AvgIpc) is 2.76. The summed E-state index contributed by atoms with van der Waals surface area (Å²) >= 11 is 0. The lowest BCUT2D eigenvalue weighted by atomic mass is 10.2. The van der Waals surface area contributed by atoms with Gasteiger partial charge in [-0.2, -0.15) is 14.2 Å². The number of nitrogens with zero attached hydrogens (tertiary/aromatic N) is 5. The van der Waals surface area contributed by atoms with Crippen molar-refractivity contribution in [2.75, 3.05) is 26.2 Å². The van der Waals surface area contributed by atoms with Crippen molar-refractivity contribution in [3.05, 3.63) is 64.4 Å². The molecule has 0 bridgehead atoms. The summed E-state index contributed by atoms with van der Waals surface area (Å²) in [6.45, 7) is 1.96. The van der Waals surface area contributed by atoms with Crippen molar-refractivity contribution in [3.63, 3.8) is 0 Å². The maximum absolute atomic E-state index is 12.9. The van der Waals surface area contributed by atoms with Crippen molar-refractivity contribution in [1.82, 2.24) is 19.3 Å². The van der Waals surface area contributed by atoms with E-state index in [9.17, 15) is 18.5 Å². The summed E-state index contributed by atoms with van der Waals surface area (Å²) in [6, 6.07) is 15.2. The fraction of sp³-hybridized carbons (Fsp3) is 0.263. The first-order valence-electron chi connectivity index (χ1n) is 9.16. The molecular formula is C19H19N6O3S+. The number of sulfonamides is 1. The molecule has 1 fully saturated rings. The van der Waals surface area contributed by atoms with E-state index in [-0.39, 0.29) is 16.0 Å². The highest BCUT2D eigenvalue weighted by Gasteiger charge is 2.32. The number of quaternary nitrogens is 1. The Morgan fingerprint density at radius 2 is 1.76 bits per heavy atom. The van der Waals surface area contributed by atoms with E-state index < -0.39 is 10.0 Å². The first-order chi connectivity index (χ1) is 14.0. The van der Waals surface area contributed by atoms with Crippen LogP contribution in [0.15, 0.2) is 58.2 Å². The Hall–Kier alpha value is -3.13. The molecule has 0 amide bonds. The maximum atomic E-state index is 12.9. The number of hydrogen-bond acceptors (Lipinski definition) is 6. The van der Waals surface area contributed by atoms with Gasteiger partial charge in [-0.05, 0) is 24.3 Å². The number of aromatic nitrogens is 3. The van der Waals surface area contributed by atoms with Crippen LogP contribution in [-0.4, -0.2) is 53.9 Å². The highest BCUT2D eigenvalue weighted by Crippen LogP contribution is 2.19. The van der Waals surface area contributed by atoms with Gasteiger partial charge in [0.2, 0.25) is 10.0 Å². The summed E-state index contributed by atoms with van der Waals surface area (Å²) in [6.07, 6.45) is 0. The molecule has 1 aromatic heterocycles. The summed E-state index contributed by atoms with van der Waals surface area (Å²) < 4.78 is 28.6. The van der Waals surface area contributed by atoms with Crippen LogP contribution in [0, 0.1) is 11.3 Å². The fourth-order valence-corrected chi connectivity index (χ4v) is 5.05. The van der Waals surface area contributed by atoms with Crippen LogP contribution >= 0.6 is 0 Å². The fourth-order valence-electron chi connectivity index (χ4n) is 3.46. The van der Waals surface area contributed by atoms with E-state index in [4.69, 9.17) is 0 Å². The number of fused-ring (bicyclic) bond motifs is 1. The molecule has 1 aliphatic heterocycles. The van der Waals surface area contributed by atoms with Crippen molar-refractivity contribution in [2.24, 2.45) is 0 Å². The van der Waals surface area contributed by atoms with Crippen molar-refractivity contribution in [2.45, 2.75) is 11.6 Å². The zero-order valence-corrected chi connectivity index (χ0v) is 16.3. The Morgan fingerprint density at radius 3 is 2.52 bits per heavy atom. The largest absolute Gasteiger partial charge is 0.314 e. The number of nitriles is 1. The molecule has 1 N–H and O–H groups in total. The molecule has 1 aliphatic rings. The number of hydrogen-bond donors (Lipinski definition) is 1. The normalized spacial score (nSPS) is 16.0. The van der Waals surface area contributed by atoms with Gasteiger partial charge < -0.3 is 4.90 Å². The van der Waals surface area contributed by atoms with E-state index in [2.05, 4.69) is 10.3 Å². The lowest BCUT2D eigenvalue weighted by molar-refractivity contribution is -0.927. The van der Waals surface area contributed by atoms with Gasteiger partial charge in [0.1, 0.15) is 11.6 Å². The number of benzene rings is 2. The van der Waals surface area contributed by atoms with E-state index in [0.29, 0.717) is 43.8 Å². The van der Waals surface area contributed by atoms with E-state index in [1.807, 2.05) is 6.07 Å². The zero-order valence-electron chi connectivity index (χ0n) is 15.5. The van der Waals surface area contributed by atoms with E-state index in [1.54, 1.807) is 36.4 Å². The molecule has 2 aromatic carbocycles. The van der Waals surface area contributed by atoms with Gasteiger partial charge in [-0.15, -0.1) is 5.10 Å². The summed E-state index contributed by atoms with van der Waals surface area (Å²) in [5.41, 5.74) is 0.484. The van der Waals surface area contributed by atoms with Gasteiger partial charge in [0.25, 0.3) is 5.56 Å². The molecular weight excluding hydrogens is 392 g/mol. The molecule has 3 aromatic rings. The van der Waals surface area contributed by atoms with Gasteiger partial charge >= 0.3 is 0 Å². The van der Waals surface area contributed by atoms with Gasteiger partial charge in [-0.25, -0.2) is 8.42 Å². The second kappa shape index (κ2) is 7.71. The minimum Gasteiger partial charge on any atom is -0.314 e. The van der Waals surface area contributed by atoms with Gasteiger partial charge in [0.15, 0.2) is 6.67 Å². The molecule has 0 atom stereocenters. The van der Waals surface area contributed by atoms with Gasteiger partial charge in [-0.3, -0.25) is 4.79 Å². The summed E-state index contributed by atoms with van der Waals surface area (Å²) in [5.74, 6) is 0. The first kappa shape index (κ1) is 19.2. The Labute approximate surface area is 167 Å². The van der Waals surface area contributed by atoms with E-state index in [1.165, 1.54) is 21.1 Å². The second-order valence-corrected chi connectivity index (χ2v) is 8.74. The second-order valence-electron chi connectivity index (χ2n) is 6.83. The van der Waals surface area contributed by atoms with E-state index in [0.717, 1.165) is 4.90 Å². The Bertz CT molecular complexity index is 1260. The SMILES string of the molecule is N#Cc1ccccc1S(=O)(=O)N1CC[NH+](Cn2nnc3ccccc3c2=O)CC1. The third-order valence-corrected chi connectivity index (χ3v) is 7.01. The van der Waals surface area contributed by atoms with E-state index >= 15 is 0 Å². The van der Waals surface area contributed by atoms with Crippen molar-refractivity contribution < 1.29 is 13.3 Å². The monoisotopic (exact) mass is 411 g/mol. The standard InChI is InChI=1S/C19H18N6O3S/c20-13-15-5-1-4-8-18(15)29(27,28)24-11-9-23(10-12-24)14-25-19(26)16-6-2-3-7-17(16)21-22-25/h1-8H,9-12,14H2/p+1. The highest BCUT2D eigenvalue weighted by molar-refractivity contribution is 7.89. The van der Waals surface area contributed by atoms with Crippen LogP contribution < -0.4 is 10.5 Å². The van der Waals surface area contributed by atoms with Gasteiger partial charge in [-0.1, -0.05) is 29.5 Å². The third-order valence-electron chi connectivity index (χ3n) is 5.06. The quantitative estimate of drug-likeness (QED) is 0.602. The van der Waals surface area contributed by atoms with Crippen LogP contribution in [0.1, 0.15) is 5.56 Å². The molecule has 0 spiro atoms. The Balaban J connectivity index is 1.48. The summed E-state index contributed by atoms with van der Waals surface area (Å²) in [4.78, 5) is 13.7. The molecule has 0 aliphatic carbocycles. The molecule has 0 unspecified atom stereocenters. The smallest absolute Gasteiger partial charge is 0.282 e. The van der Waals surface area contributed by atoms with Crippen LogP contribution in [0.2, 0.25) is 0 Å². The van der Waals surface area contributed by atoms with Crippen molar-refractivity contribution >= 4 is 20.9 Å². The summed E-state index contributed by atoms with van der Waals surface area (Å²) in [7, 11) is -3.74. The maximum Gasteiger partial charge on any atom is 0.282 e. The Morgan fingerprint density at radius 1 is 1.07 bits per heavy atom. The highest BCUT2D eigenvalue weighted by atomic mass is 32.2. The topological polar surface area (TPSA) is 113 Å². The summed E-state index contributed by atoms with van der Waals surface area (Å²) in [5, 5.41) is 17.8. The molecule has 9 nitrogen and oxygen atoms in total. The van der Waals surface area contributed by atoms with Crippen molar-refractivity contribution in [3.8, 4) is 6.07 Å². The lowest BCUT2D eigenvalue weighted by Crippen LogP contribution is -3.14. The van der Waals surface area contributed by atoms with Crippen LogP contribution in [0.25, 0.3) is 10.9 Å². The van der Waals surface area contributed by atoms with Crippen LogP contribution in [-0.2, 0) is 16.7 Å². The van der Waals surface area contributed by atoms with Gasteiger partial charge in [0, 0.05) is 0 Å². The molecule has 148 valence electrons. The number of nitrogens with one attached hydrogen (secondary N) is 1. The van der Waals surface area contributed by atoms with Crippen molar-refractivity contribution in [1.29, 1.82) is 5.26 Å². The lowest BCUT2D eigenvalue weighted by Gasteiger charge is -2.31. The molecule has 0 saturated carbocycles. The molecule has 1 saturated heterocycles. The van der Waals surface area contributed by atoms with Crippen LogP contribution in [0.4, 0.5) is 0 Å². The zero-order chi connectivity index (χ0) is 20.4. The number of rotatable bonds is 4. The minimum absolute atomic E-state index is 0.0302. The third kappa shape index (κ3) is 3.63. The number of piperazine rings is 1. The predicted molar refractivity (Wildman–Crippen MR) is 104 cm³/mol. The molecule has 10 heteroatoms. The van der Waals surface area contributed by atoms with Crippen LogP contribution in [0.5, 0.6) is 0 Å². The minimum atomic E-state index is -3.74. The predicted octanol–water partition coefficient (Wildman–Crippen LogP) is -0.790. The molecule has 0 radical (unpaired) electrons. The Kier molecular flexibility index (Phi) is 5.10. The molecule has 4 rings (SSSR count). The van der Waals surface area contributed by atoms with Gasteiger partial charge in [0.05, 0.1) is 42.0 Å². The van der Waals surface area contributed by atoms with Crippen LogP contribution in [0.3, 0.4) is 0 Å². The average molecular weight is 411 g/mol. The first-order valence-corrected chi connectivity index (χ1v) is 10.6.